The van der Waals surface area contributed by atoms with Crippen LogP contribution in [-0.4, -0.2) is 36.6 Å². The van der Waals surface area contributed by atoms with Gasteiger partial charge in [0.05, 0.1) is 0 Å². The van der Waals surface area contributed by atoms with E-state index in [1.165, 1.54) is 71.0 Å². The molecule has 0 aromatic heterocycles. The Labute approximate surface area is 125 Å². The molecule has 3 fully saturated rings. The molecule has 0 radical (unpaired) electrons. The maximum atomic E-state index is 3.50. The second-order valence-electron chi connectivity index (χ2n) is 7.04. The highest BCUT2D eigenvalue weighted by atomic mass is 35.5. The summed E-state index contributed by atoms with van der Waals surface area (Å²) < 4.78 is 0. The lowest BCUT2D eigenvalue weighted by Gasteiger charge is -2.39. The van der Waals surface area contributed by atoms with Gasteiger partial charge in [-0.3, -0.25) is 4.90 Å². The van der Waals surface area contributed by atoms with Crippen molar-refractivity contribution in [3.63, 3.8) is 0 Å². The van der Waals surface area contributed by atoms with Gasteiger partial charge in [0.2, 0.25) is 0 Å². The summed E-state index contributed by atoms with van der Waals surface area (Å²) in [6.07, 6.45) is 11.7. The van der Waals surface area contributed by atoms with Crippen LogP contribution >= 0.6 is 12.4 Å². The Balaban J connectivity index is 0.00000133. The van der Waals surface area contributed by atoms with Gasteiger partial charge in [0.1, 0.15) is 0 Å². The van der Waals surface area contributed by atoms with Crippen molar-refractivity contribution >= 4 is 12.4 Å². The van der Waals surface area contributed by atoms with Crippen LogP contribution in [0.3, 0.4) is 0 Å². The summed E-state index contributed by atoms with van der Waals surface area (Å²) in [7, 11) is 0. The lowest BCUT2D eigenvalue weighted by Crippen LogP contribution is -2.44. The third-order valence-corrected chi connectivity index (χ3v) is 5.40. The molecule has 0 amide bonds. The number of hydrogen-bond acceptors (Lipinski definition) is 2. The number of rotatable bonds is 4. The summed E-state index contributed by atoms with van der Waals surface area (Å²) in [5.74, 6) is 1.97. The summed E-state index contributed by atoms with van der Waals surface area (Å²) in [6.45, 7) is 6.35. The second-order valence-corrected chi connectivity index (χ2v) is 7.04. The van der Waals surface area contributed by atoms with Crippen molar-refractivity contribution in [2.75, 3.05) is 19.6 Å². The minimum absolute atomic E-state index is 0. The van der Waals surface area contributed by atoms with Gasteiger partial charge >= 0.3 is 0 Å². The first-order valence-corrected chi connectivity index (χ1v) is 8.29. The Morgan fingerprint density at radius 1 is 0.842 bits per heavy atom. The smallest absolute Gasteiger partial charge is 0.00994 e. The molecule has 0 atom stereocenters. The van der Waals surface area contributed by atoms with E-state index >= 15 is 0 Å². The van der Waals surface area contributed by atoms with Crippen LogP contribution < -0.4 is 5.32 Å². The van der Waals surface area contributed by atoms with E-state index in [2.05, 4.69) is 17.1 Å². The van der Waals surface area contributed by atoms with Gasteiger partial charge in [-0.15, -0.1) is 12.4 Å². The van der Waals surface area contributed by atoms with Gasteiger partial charge in [-0.2, -0.15) is 0 Å². The molecular formula is C16H31ClN2. The summed E-state index contributed by atoms with van der Waals surface area (Å²) in [5, 5.41) is 3.50. The van der Waals surface area contributed by atoms with Gasteiger partial charge in [0, 0.05) is 18.6 Å². The average molecular weight is 287 g/mol. The summed E-state index contributed by atoms with van der Waals surface area (Å²) in [6, 6.07) is 1.90. The highest BCUT2D eigenvalue weighted by molar-refractivity contribution is 5.85. The molecule has 112 valence electrons. The van der Waals surface area contributed by atoms with Crippen LogP contribution in [-0.2, 0) is 0 Å². The highest BCUT2D eigenvalue weighted by Gasteiger charge is 2.36. The normalized spacial score (nSPS) is 33.2. The molecule has 0 spiro atoms. The predicted octanol–water partition coefficient (Wildman–Crippen LogP) is 3.45. The fourth-order valence-corrected chi connectivity index (χ4v) is 3.94. The molecule has 0 bridgehead atoms. The molecular weight excluding hydrogens is 256 g/mol. The molecule has 1 aliphatic heterocycles. The zero-order valence-electron chi connectivity index (χ0n) is 12.4. The Kier molecular flexibility index (Phi) is 5.98. The fourth-order valence-electron chi connectivity index (χ4n) is 3.94. The lowest BCUT2D eigenvalue weighted by atomic mass is 9.85. The first kappa shape index (κ1) is 15.6. The van der Waals surface area contributed by atoms with Crippen LogP contribution in [0, 0.1) is 11.8 Å². The van der Waals surface area contributed by atoms with E-state index in [9.17, 15) is 0 Å². The van der Waals surface area contributed by atoms with Gasteiger partial charge in [-0.1, -0.05) is 6.92 Å². The molecule has 1 heterocycles. The molecule has 3 heteroatoms. The molecule has 2 nitrogen and oxygen atoms in total. The molecule has 0 unspecified atom stereocenters. The average Bonchev–Trinajstić information content (AvgIpc) is 3.23. The maximum absolute atomic E-state index is 3.50. The van der Waals surface area contributed by atoms with Gasteiger partial charge in [0.25, 0.3) is 0 Å². The topological polar surface area (TPSA) is 15.3 Å². The van der Waals surface area contributed by atoms with Crippen LogP contribution in [0.1, 0.15) is 58.3 Å². The van der Waals surface area contributed by atoms with E-state index in [0.717, 1.165) is 23.9 Å². The van der Waals surface area contributed by atoms with Crippen molar-refractivity contribution in [3.05, 3.63) is 0 Å². The molecule has 1 saturated heterocycles. The minimum atomic E-state index is 0. The maximum Gasteiger partial charge on any atom is 0.00994 e. The van der Waals surface area contributed by atoms with Crippen molar-refractivity contribution in [1.82, 2.24) is 10.2 Å². The van der Waals surface area contributed by atoms with Crippen molar-refractivity contribution in [2.24, 2.45) is 11.8 Å². The van der Waals surface area contributed by atoms with Gasteiger partial charge in [-0.05, 0) is 76.3 Å². The molecule has 2 aliphatic carbocycles. The van der Waals surface area contributed by atoms with Gasteiger partial charge in [-0.25, -0.2) is 0 Å². The zero-order chi connectivity index (χ0) is 12.4. The van der Waals surface area contributed by atoms with E-state index in [4.69, 9.17) is 0 Å². The standard InChI is InChI=1S/C16H30N2.ClH/c1-13-2-4-15(5-3-13)18(16-6-7-16)12-14-8-10-17-11-9-14;/h13-17H,2-12H2,1H3;1H. The van der Waals surface area contributed by atoms with E-state index in [0.29, 0.717) is 0 Å². The zero-order valence-corrected chi connectivity index (χ0v) is 13.3. The summed E-state index contributed by atoms with van der Waals surface area (Å²) in [5.41, 5.74) is 0. The Morgan fingerprint density at radius 2 is 1.37 bits per heavy atom. The first-order chi connectivity index (χ1) is 8.83. The molecule has 3 aliphatic rings. The first-order valence-electron chi connectivity index (χ1n) is 8.29. The molecule has 2 saturated carbocycles. The highest BCUT2D eigenvalue weighted by Crippen LogP contribution is 2.36. The quantitative estimate of drug-likeness (QED) is 0.851. The number of halogens is 1. The number of nitrogens with one attached hydrogen (secondary N) is 1. The SMILES string of the molecule is CC1CCC(N(CC2CCNCC2)C2CC2)CC1.Cl. The molecule has 1 N–H and O–H groups in total. The van der Waals surface area contributed by atoms with Crippen molar-refractivity contribution in [2.45, 2.75) is 70.4 Å². The van der Waals surface area contributed by atoms with E-state index in [1.54, 1.807) is 0 Å². The van der Waals surface area contributed by atoms with Gasteiger partial charge in [0.15, 0.2) is 0 Å². The fraction of sp³-hybridized carbons (Fsp3) is 1.00. The Hall–Kier alpha value is 0.210. The number of piperidine rings is 1. The number of nitrogens with zero attached hydrogens (tertiary/aromatic N) is 1. The summed E-state index contributed by atoms with van der Waals surface area (Å²) in [4.78, 5) is 2.93. The summed E-state index contributed by atoms with van der Waals surface area (Å²) >= 11 is 0. The predicted molar refractivity (Wildman–Crippen MR) is 84.0 cm³/mol. The lowest BCUT2D eigenvalue weighted by molar-refractivity contribution is 0.104. The van der Waals surface area contributed by atoms with Crippen LogP contribution in [0.15, 0.2) is 0 Å². The van der Waals surface area contributed by atoms with Crippen LogP contribution in [0.2, 0.25) is 0 Å². The molecule has 3 rings (SSSR count). The van der Waals surface area contributed by atoms with Crippen molar-refractivity contribution in [3.8, 4) is 0 Å². The molecule has 19 heavy (non-hydrogen) atoms. The Morgan fingerprint density at radius 3 is 1.89 bits per heavy atom. The Bertz CT molecular complexity index is 253. The largest absolute Gasteiger partial charge is 0.317 e. The molecule has 0 aromatic carbocycles. The number of hydrogen-bond donors (Lipinski definition) is 1. The van der Waals surface area contributed by atoms with E-state index in [1.807, 2.05) is 0 Å². The third-order valence-electron chi connectivity index (χ3n) is 5.40. The van der Waals surface area contributed by atoms with Crippen LogP contribution in [0.5, 0.6) is 0 Å². The second kappa shape index (κ2) is 7.28. The van der Waals surface area contributed by atoms with Crippen LogP contribution in [0.25, 0.3) is 0 Å². The van der Waals surface area contributed by atoms with Crippen molar-refractivity contribution in [1.29, 1.82) is 0 Å². The minimum Gasteiger partial charge on any atom is -0.317 e. The monoisotopic (exact) mass is 286 g/mol. The van der Waals surface area contributed by atoms with Gasteiger partial charge < -0.3 is 5.32 Å². The van der Waals surface area contributed by atoms with E-state index < -0.39 is 0 Å². The van der Waals surface area contributed by atoms with E-state index in [-0.39, 0.29) is 12.4 Å². The van der Waals surface area contributed by atoms with Crippen molar-refractivity contribution < 1.29 is 0 Å². The third kappa shape index (κ3) is 4.34. The van der Waals surface area contributed by atoms with Crippen LogP contribution in [0.4, 0.5) is 0 Å². The molecule has 0 aromatic rings.